The molecular formula is C34H21N3O2. The third kappa shape index (κ3) is 3.48. The lowest BCUT2D eigenvalue weighted by molar-refractivity contribution is 0.464. The molecule has 8 rings (SSSR count). The SMILES string of the molecule is c1ccc(-n2c3ccccc3c3ccc(Oc4cccc(-c5cccc6c5oc5ccccc56)n4)cc32)nc1. The van der Waals surface area contributed by atoms with E-state index >= 15 is 0 Å². The summed E-state index contributed by atoms with van der Waals surface area (Å²) in [5.41, 5.74) is 5.53. The van der Waals surface area contributed by atoms with Crippen molar-refractivity contribution in [3.63, 3.8) is 0 Å². The van der Waals surface area contributed by atoms with Gasteiger partial charge in [-0.3, -0.25) is 4.57 Å². The highest BCUT2D eigenvalue weighted by Crippen LogP contribution is 2.37. The van der Waals surface area contributed by atoms with Crippen molar-refractivity contribution < 1.29 is 9.15 Å². The average molecular weight is 504 g/mol. The maximum atomic E-state index is 6.33. The van der Waals surface area contributed by atoms with Gasteiger partial charge in [0.25, 0.3) is 0 Å². The minimum absolute atomic E-state index is 0.514. The lowest BCUT2D eigenvalue weighted by atomic mass is 10.1. The van der Waals surface area contributed by atoms with Gasteiger partial charge in [0, 0.05) is 45.4 Å². The molecule has 0 bridgehead atoms. The Morgan fingerprint density at radius 3 is 2.33 bits per heavy atom. The highest BCUT2D eigenvalue weighted by atomic mass is 16.5. The summed E-state index contributed by atoms with van der Waals surface area (Å²) in [5, 5.41) is 4.48. The van der Waals surface area contributed by atoms with Gasteiger partial charge in [0.2, 0.25) is 5.88 Å². The fourth-order valence-corrected chi connectivity index (χ4v) is 5.44. The van der Waals surface area contributed by atoms with E-state index in [4.69, 9.17) is 14.1 Å². The Morgan fingerprint density at radius 2 is 1.41 bits per heavy atom. The second kappa shape index (κ2) is 8.57. The summed E-state index contributed by atoms with van der Waals surface area (Å²) in [6, 6.07) is 40.5. The van der Waals surface area contributed by atoms with E-state index in [0.717, 1.165) is 55.4 Å². The first kappa shape index (κ1) is 21.6. The fraction of sp³-hybridized carbons (Fsp3) is 0. The van der Waals surface area contributed by atoms with Crippen LogP contribution in [0.25, 0.3) is 60.8 Å². The molecule has 39 heavy (non-hydrogen) atoms. The molecule has 4 aromatic heterocycles. The lowest BCUT2D eigenvalue weighted by Gasteiger charge is -2.09. The standard InChI is InChI=1S/C34H21N3O2/c1-3-14-29-23(9-1)24-19-18-22(21-30(24)37(29)32-16-5-6-20-35-32)38-33-17-8-13-28(36-33)27-12-7-11-26-25-10-2-4-15-31(25)39-34(26)27/h1-21H. The van der Waals surface area contributed by atoms with Crippen molar-refractivity contribution in [3.05, 3.63) is 128 Å². The molecule has 8 aromatic rings. The highest BCUT2D eigenvalue weighted by molar-refractivity contribution is 6.10. The molecule has 0 spiro atoms. The summed E-state index contributed by atoms with van der Waals surface area (Å²) in [4.78, 5) is 9.48. The molecule has 0 aliphatic rings. The zero-order valence-corrected chi connectivity index (χ0v) is 20.8. The number of rotatable bonds is 4. The molecule has 4 aromatic carbocycles. The highest BCUT2D eigenvalue weighted by Gasteiger charge is 2.15. The van der Waals surface area contributed by atoms with Gasteiger partial charge in [-0.05, 0) is 48.5 Å². The van der Waals surface area contributed by atoms with Crippen molar-refractivity contribution in [3.8, 4) is 28.7 Å². The third-order valence-corrected chi connectivity index (χ3v) is 7.15. The summed E-state index contributed by atoms with van der Waals surface area (Å²) < 4.78 is 14.7. The van der Waals surface area contributed by atoms with Crippen molar-refractivity contribution in [2.75, 3.05) is 0 Å². The third-order valence-electron chi connectivity index (χ3n) is 7.15. The summed E-state index contributed by atoms with van der Waals surface area (Å²) in [6.07, 6.45) is 1.81. The van der Waals surface area contributed by atoms with Gasteiger partial charge >= 0.3 is 0 Å². The number of para-hydroxylation sites is 3. The second-order valence-corrected chi connectivity index (χ2v) is 9.46. The van der Waals surface area contributed by atoms with Crippen molar-refractivity contribution >= 4 is 43.7 Å². The number of pyridine rings is 2. The Bertz CT molecular complexity index is 2160. The molecule has 0 fully saturated rings. The van der Waals surface area contributed by atoms with Gasteiger partial charge < -0.3 is 9.15 Å². The number of hydrogen-bond donors (Lipinski definition) is 0. The molecule has 0 radical (unpaired) electrons. The summed E-state index contributed by atoms with van der Waals surface area (Å²) in [6.45, 7) is 0. The van der Waals surface area contributed by atoms with Gasteiger partial charge in [0.05, 0.1) is 16.7 Å². The van der Waals surface area contributed by atoms with E-state index in [0.29, 0.717) is 11.6 Å². The Labute approximate surface area is 223 Å². The van der Waals surface area contributed by atoms with Crippen LogP contribution in [0.5, 0.6) is 11.6 Å². The van der Waals surface area contributed by atoms with Crippen LogP contribution in [0.1, 0.15) is 0 Å². The molecule has 4 heterocycles. The molecule has 184 valence electrons. The van der Waals surface area contributed by atoms with Crippen LogP contribution in [0, 0.1) is 0 Å². The second-order valence-electron chi connectivity index (χ2n) is 9.46. The van der Waals surface area contributed by atoms with Crippen LogP contribution in [0.2, 0.25) is 0 Å². The molecule has 5 nitrogen and oxygen atoms in total. The van der Waals surface area contributed by atoms with Crippen LogP contribution in [0.3, 0.4) is 0 Å². The zero-order valence-electron chi connectivity index (χ0n) is 20.8. The van der Waals surface area contributed by atoms with Crippen LogP contribution >= 0.6 is 0 Å². The van der Waals surface area contributed by atoms with E-state index in [-0.39, 0.29) is 0 Å². The first-order valence-electron chi connectivity index (χ1n) is 12.8. The molecule has 0 aliphatic carbocycles. The maximum absolute atomic E-state index is 6.33. The number of hydrogen-bond acceptors (Lipinski definition) is 4. The first-order chi connectivity index (χ1) is 19.3. The largest absolute Gasteiger partial charge is 0.455 e. The summed E-state index contributed by atoms with van der Waals surface area (Å²) in [7, 11) is 0. The number of ether oxygens (including phenoxy) is 1. The van der Waals surface area contributed by atoms with Crippen LogP contribution in [-0.4, -0.2) is 14.5 Å². The van der Waals surface area contributed by atoms with Crippen LogP contribution < -0.4 is 4.74 Å². The van der Waals surface area contributed by atoms with Crippen molar-refractivity contribution in [1.82, 2.24) is 14.5 Å². The number of benzene rings is 4. The van der Waals surface area contributed by atoms with E-state index in [2.05, 4.69) is 58.1 Å². The Kier molecular flexibility index (Phi) is 4.76. The van der Waals surface area contributed by atoms with Gasteiger partial charge in [-0.2, -0.15) is 0 Å². The number of furan rings is 1. The van der Waals surface area contributed by atoms with E-state index < -0.39 is 0 Å². The van der Waals surface area contributed by atoms with Gasteiger partial charge in [0.1, 0.15) is 22.7 Å². The molecule has 0 aliphatic heterocycles. The molecule has 5 heteroatoms. The summed E-state index contributed by atoms with van der Waals surface area (Å²) in [5.74, 6) is 2.08. The average Bonchev–Trinajstić information content (AvgIpc) is 3.53. The number of nitrogens with zero attached hydrogens (tertiary/aromatic N) is 3. The fourth-order valence-electron chi connectivity index (χ4n) is 5.44. The van der Waals surface area contributed by atoms with Gasteiger partial charge in [-0.1, -0.05) is 60.7 Å². The van der Waals surface area contributed by atoms with E-state index in [1.54, 1.807) is 0 Å². The predicted octanol–water partition coefficient (Wildman–Crippen LogP) is 8.93. The Morgan fingerprint density at radius 1 is 0.615 bits per heavy atom. The van der Waals surface area contributed by atoms with Gasteiger partial charge in [-0.15, -0.1) is 0 Å². The normalized spacial score (nSPS) is 11.6. The molecule has 0 N–H and O–H groups in total. The maximum Gasteiger partial charge on any atom is 0.219 e. The zero-order chi connectivity index (χ0) is 25.8. The number of fused-ring (bicyclic) bond motifs is 6. The van der Waals surface area contributed by atoms with E-state index in [1.807, 2.05) is 79.0 Å². The van der Waals surface area contributed by atoms with E-state index in [9.17, 15) is 0 Å². The quantitative estimate of drug-likeness (QED) is 0.241. The molecule has 0 atom stereocenters. The molecule has 0 amide bonds. The van der Waals surface area contributed by atoms with Gasteiger partial charge in [0.15, 0.2) is 0 Å². The van der Waals surface area contributed by atoms with E-state index in [1.165, 1.54) is 5.39 Å². The smallest absolute Gasteiger partial charge is 0.219 e. The molecule has 0 saturated carbocycles. The molecule has 0 saturated heterocycles. The minimum atomic E-state index is 0.514. The Balaban J connectivity index is 1.23. The van der Waals surface area contributed by atoms with Crippen molar-refractivity contribution in [2.24, 2.45) is 0 Å². The topological polar surface area (TPSA) is 53.1 Å². The molecule has 0 unspecified atom stereocenters. The lowest BCUT2D eigenvalue weighted by Crippen LogP contribution is -1.96. The Hall–Kier alpha value is -5.42. The molecular weight excluding hydrogens is 482 g/mol. The van der Waals surface area contributed by atoms with Crippen molar-refractivity contribution in [2.45, 2.75) is 0 Å². The van der Waals surface area contributed by atoms with Crippen LogP contribution in [0.15, 0.2) is 132 Å². The van der Waals surface area contributed by atoms with Crippen LogP contribution in [0.4, 0.5) is 0 Å². The first-order valence-corrected chi connectivity index (χ1v) is 12.8. The minimum Gasteiger partial charge on any atom is -0.455 e. The van der Waals surface area contributed by atoms with Crippen molar-refractivity contribution in [1.29, 1.82) is 0 Å². The van der Waals surface area contributed by atoms with Crippen LogP contribution in [-0.2, 0) is 0 Å². The predicted molar refractivity (Wildman–Crippen MR) is 156 cm³/mol. The van der Waals surface area contributed by atoms with Gasteiger partial charge in [-0.25, -0.2) is 9.97 Å². The summed E-state index contributed by atoms with van der Waals surface area (Å²) >= 11 is 0. The monoisotopic (exact) mass is 503 g/mol. The number of aromatic nitrogens is 3.